The van der Waals surface area contributed by atoms with E-state index < -0.39 is 0 Å². The van der Waals surface area contributed by atoms with Gasteiger partial charge in [-0.1, -0.05) is 49.9 Å². The van der Waals surface area contributed by atoms with Crippen LogP contribution >= 0.6 is 23.1 Å². The van der Waals surface area contributed by atoms with Crippen molar-refractivity contribution >= 4 is 39.1 Å². The molecule has 3 aromatic heterocycles. The average molecular weight is 561 g/mol. The number of ether oxygens (including phenoxy) is 2. The molecule has 0 bridgehead atoms. The zero-order chi connectivity index (χ0) is 27.3. The molecule has 202 valence electrons. The number of rotatable bonds is 7. The van der Waals surface area contributed by atoms with Crippen molar-refractivity contribution in [3.63, 3.8) is 0 Å². The number of fused-ring (bicyclic) bond motifs is 5. The van der Waals surface area contributed by atoms with E-state index in [9.17, 15) is 4.79 Å². The van der Waals surface area contributed by atoms with Gasteiger partial charge in [0.2, 0.25) is 5.78 Å². The molecule has 0 aliphatic carbocycles. The molecule has 0 spiro atoms. The molecular formula is C30H32N4O3S2. The molecule has 0 amide bonds. The molecule has 0 saturated heterocycles. The van der Waals surface area contributed by atoms with E-state index in [-0.39, 0.29) is 17.8 Å². The molecule has 0 saturated carbocycles. The molecule has 0 N–H and O–H groups in total. The van der Waals surface area contributed by atoms with Crippen LogP contribution in [-0.2, 0) is 23.5 Å². The van der Waals surface area contributed by atoms with Crippen LogP contribution in [0.1, 0.15) is 49.3 Å². The highest BCUT2D eigenvalue weighted by Crippen LogP contribution is 2.38. The number of nitrogens with zero attached hydrogens (tertiary/aromatic N) is 4. The van der Waals surface area contributed by atoms with Crippen LogP contribution in [-0.4, -0.2) is 31.4 Å². The van der Waals surface area contributed by atoms with E-state index in [2.05, 4.69) is 40.6 Å². The van der Waals surface area contributed by atoms with Crippen molar-refractivity contribution in [2.45, 2.75) is 70.8 Å². The summed E-state index contributed by atoms with van der Waals surface area (Å²) in [6.07, 6.45) is 0.964. The van der Waals surface area contributed by atoms with Gasteiger partial charge in [-0.25, -0.2) is 8.97 Å². The maximum Gasteiger partial charge on any atom is 0.268 e. The minimum absolute atomic E-state index is 0.0466. The molecule has 6 rings (SSSR count). The highest BCUT2D eigenvalue weighted by Gasteiger charge is 2.30. The van der Waals surface area contributed by atoms with Gasteiger partial charge >= 0.3 is 0 Å². The number of thiophene rings is 1. The van der Waals surface area contributed by atoms with Gasteiger partial charge in [0.1, 0.15) is 10.6 Å². The van der Waals surface area contributed by atoms with Gasteiger partial charge in [0.15, 0.2) is 5.16 Å². The van der Waals surface area contributed by atoms with Gasteiger partial charge in [0.05, 0.1) is 29.9 Å². The largest absolute Gasteiger partial charge is 0.491 e. The van der Waals surface area contributed by atoms with Crippen LogP contribution in [0.15, 0.2) is 58.5 Å². The van der Waals surface area contributed by atoms with Crippen LogP contribution in [0.2, 0.25) is 0 Å². The topological polar surface area (TPSA) is 70.7 Å². The summed E-state index contributed by atoms with van der Waals surface area (Å²) < 4.78 is 15.7. The first-order valence-electron chi connectivity index (χ1n) is 13.3. The minimum atomic E-state index is -0.0466. The number of benzene rings is 2. The fourth-order valence-electron chi connectivity index (χ4n) is 5.04. The third kappa shape index (κ3) is 4.88. The van der Waals surface area contributed by atoms with Gasteiger partial charge in [-0.2, -0.15) is 0 Å². The summed E-state index contributed by atoms with van der Waals surface area (Å²) >= 11 is 3.24. The first kappa shape index (κ1) is 26.1. The van der Waals surface area contributed by atoms with E-state index in [1.165, 1.54) is 0 Å². The van der Waals surface area contributed by atoms with Crippen molar-refractivity contribution < 1.29 is 9.47 Å². The van der Waals surface area contributed by atoms with Crippen LogP contribution in [0.3, 0.4) is 0 Å². The number of aromatic nitrogens is 4. The van der Waals surface area contributed by atoms with E-state index in [0.29, 0.717) is 18.3 Å². The monoisotopic (exact) mass is 560 g/mol. The average Bonchev–Trinajstić information content (AvgIpc) is 3.49. The molecule has 1 aliphatic rings. The summed E-state index contributed by atoms with van der Waals surface area (Å²) in [6, 6.07) is 16.2. The second-order valence-corrected chi connectivity index (χ2v) is 12.7. The third-order valence-electron chi connectivity index (χ3n) is 7.01. The Bertz CT molecular complexity index is 1720. The van der Waals surface area contributed by atoms with Crippen molar-refractivity contribution in [2.24, 2.45) is 5.92 Å². The number of thioether (sulfide) groups is 1. The molecule has 1 aliphatic heterocycles. The maximum atomic E-state index is 14.2. The van der Waals surface area contributed by atoms with Crippen LogP contribution in [0.4, 0.5) is 0 Å². The van der Waals surface area contributed by atoms with Crippen molar-refractivity contribution in [3.05, 3.63) is 80.5 Å². The zero-order valence-electron chi connectivity index (χ0n) is 22.8. The Morgan fingerprint density at radius 2 is 1.92 bits per heavy atom. The Balaban J connectivity index is 1.48. The Morgan fingerprint density at radius 1 is 1.13 bits per heavy atom. The lowest BCUT2D eigenvalue weighted by atomic mass is 9.96. The smallest absolute Gasteiger partial charge is 0.268 e. The Hall–Kier alpha value is -3.14. The van der Waals surface area contributed by atoms with Crippen molar-refractivity contribution in [1.29, 1.82) is 0 Å². The van der Waals surface area contributed by atoms with Crippen molar-refractivity contribution in [2.75, 3.05) is 0 Å². The molecule has 9 heteroatoms. The fraction of sp³-hybridized carbons (Fsp3) is 0.367. The van der Waals surface area contributed by atoms with Gasteiger partial charge in [-0.05, 0) is 67.6 Å². The highest BCUT2D eigenvalue weighted by atomic mass is 32.2. The second-order valence-electron chi connectivity index (χ2n) is 10.7. The Kier molecular flexibility index (Phi) is 6.99. The number of hydrogen-bond acceptors (Lipinski definition) is 7. The second kappa shape index (κ2) is 10.4. The van der Waals surface area contributed by atoms with Gasteiger partial charge in [-0.15, -0.1) is 21.5 Å². The van der Waals surface area contributed by atoms with Crippen LogP contribution in [0.25, 0.3) is 21.7 Å². The molecule has 1 unspecified atom stereocenters. The third-order valence-corrected chi connectivity index (χ3v) is 9.20. The molecule has 5 aromatic rings. The highest BCUT2D eigenvalue weighted by molar-refractivity contribution is 7.98. The lowest BCUT2D eigenvalue weighted by Gasteiger charge is -2.26. The van der Waals surface area contributed by atoms with E-state index in [1.807, 2.05) is 57.2 Å². The summed E-state index contributed by atoms with van der Waals surface area (Å²) in [5.74, 6) is 2.48. The van der Waals surface area contributed by atoms with Crippen molar-refractivity contribution in [3.8, 4) is 11.4 Å². The van der Waals surface area contributed by atoms with Crippen LogP contribution in [0.5, 0.6) is 5.75 Å². The standard InChI is InChI=1S/C30H32N4O3S2/c1-17(2)24-14-23-25(15-36-24)39-28-26(23)27(35)33(21-8-6-7-19(5)13-21)29-31-32-30(34(28)29)38-16-20-9-11-22(12-10-20)37-18(3)4/h6-13,17-18,24H,14-16H2,1-5H3. The number of aryl methyl sites for hydroxylation is 1. The van der Waals surface area contributed by atoms with Gasteiger partial charge in [0, 0.05) is 17.1 Å². The Morgan fingerprint density at radius 3 is 2.64 bits per heavy atom. The molecule has 7 nitrogen and oxygen atoms in total. The van der Waals surface area contributed by atoms with Crippen LogP contribution < -0.4 is 10.3 Å². The maximum absolute atomic E-state index is 14.2. The summed E-state index contributed by atoms with van der Waals surface area (Å²) in [6.45, 7) is 10.9. The van der Waals surface area contributed by atoms with E-state index in [0.717, 1.165) is 60.6 Å². The quantitative estimate of drug-likeness (QED) is 0.210. The lowest BCUT2D eigenvalue weighted by Crippen LogP contribution is -2.28. The molecule has 2 aromatic carbocycles. The molecule has 0 fully saturated rings. The summed E-state index contributed by atoms with van der Waals surface area (Å²) in [7, 11) is 0. The predicted molar refractivity (Wildman–Crippen MR) is 158 cm³/mol. The minimum Gasteiger partial charge on any atom is -0.491 e. The SMILES string of the molecule is Cc1cccc(-n2c(=O)c3c4c(sc3n3c(SCc5ccc(OC(C)C)cc5)nnc23)COC(C(C)C)C4)c1. The first-order chi connectivity index (χ1) is 18.8. The van der Waals surface area contributed by atoms with Gasteiger partial charge in [0.25, 0.3) is 5.56 Å². The van der Waals surface area contributed by atoms with E-state index >= 15 is 0 Å². The van der Waals surface area contributed by atoms with Gasteiger partial charge in [-0.3, -0.25) is 4.79 Å². The Labute approximate surface area is 235 Å². The summed E-state index contributed by atoms with van der Waals surface area (Å²) in [5.41, 5.74) is 4.10. The number of hydrogen-bond donors (Lipinski definition) is 0. The molecule has 1 atom stereocenters. The summed E-state index contributed by atoms with van der Waals surface area (Å²) in [4.78, 5) is 16.2. The summed E-state index contributed by atoms with van der Waals surface area (Å²) in [5, 5.41) is 10.7. The van der Waals surface area contributed by atoms with E-state index in [4.69, 9.17) is 9.47 Å². The normalized spacial score (nSPS) is 15.5. The molecule has 4 heterocycles. The molecule has 39 heavy (non-hydrogen) atoms. The van der Waals surface area contributed by atoms with Crippen LogP contribution in [0, 0.1) is 12.8 Å². The fourth-order valence-corrected chi connectivity index (χ4v) is 7.23. The van der Waals surface area contributed by atoms with E-state index in [1.54, 1.807) is 27.7 Å². The lowest BCUT2D eigenvalue weighted by molar-refractivity contribution is 0.00200. The van der Waals surface area contributed by atoms with Crippen molar-refractivity contribution in [1.82, 2.24) is 19.2 Å². The molecular weight excluding hydrogens is 528 g/mol. The predicted octanol–water partition coefficient (Wildman–Crippen LogP) is 6.58. The molecule has 0 radical (unpaired) electrons. The first-order valence-corrected chi connectivity index (χ1v) is 15.1. The van der Waals surface area contributed by atoms with Gasteiger partial charge < -0.3 is 9.47 Å². The zero-order valence-corrected chi connectivity index (χ0v) is 24.4.